The highest BCUT2D eigenvalue weighted by molar-refractivity contribution is 6.92. The Bertz CT molecular complexity index is 89.6. The van der Waals surface area contributed by atoms with Crippen LogP contribution in [0, 0.1) is 0 Å². The summed E-state index contributed by atoms with van der Waals surface area (Å²) in [6, 6.07) is 0. The highest BCUT2D eigenvalue weighted by Gasteiger charge is 1.92. The molecule has 0 nitrogen and oxygen atoms in total. The van der Waals surface area contributed by atoms with Gasteiger partial charge in [-0.05, 0) is 0 Å². The average molecular weight is 246 g/mol. The van der Waals surface area contributed by atoms with E-state index in [0.29, 0.717) is 0 Å². The molecule has 0 aliphatic carbocycles. The van der Waals surface area contributed by atoms with Crippen LogP contribution in [0.4, 0.5) is 0 Å². The Hall–Kier alpha value is 0.430. The fraction of sp³-hybridized carbons (Fsp3) is 1.00. The molecule has 0 spiro atoms. The molecular formula is C15H35P. The van der Waals surface area contributed by atoms with Crippen LogP contribution in [0.1, 0.15) is 97.3 Å². The van der Waals surface area contributed by atoms with Crippen LogP contribution >= 0.6 is 9.90 Å². The molecule has 1 unspecified atom stereocenters. The van der Waals surface area contributed by atoms with E-state index in [1.54, 1.807) is 0 Å². The molecule has 0 aliphatic heterocycles. The minimum absolute atomic E-state index is 0. The average Bonchev–Trinajstić information content (AvgIpc) is 2.26. The van der Waals surface area contributed by atoms with E-state index in [-0.39, 0.29) is 9.90 Å². The predicted molar refractivity (Wildman–Crippen MR) is 82.5 cm³/mol. The molecule has 0 saturated heterocycles. The van der Waals surface area contributed by atoms with Crippen molar-refractivity contribution in [1.82, 2.24) is 0 Å². The predicted octanol–water partition coefficient (Wildman–Crippen LogP) is 6.16. The number of unbranched alkanes of at least 4 members (excludes halogenated alkanes) is 12. The first-order chi connectivity index (χ1) is 7.41. The smallest absolute Gasteiger partial charge is 0.0533 e. The van der Waals surface area contributed by atoms with Crippen molar-refractivity contribution in [3.05, 3.63) is 0 Å². The Labute approximate surface area is 108 Å². The molecule has 0 aliphatic rings. The summed E-state index contributed by atoms with van der Waals surface area (Å²) in [6.45, 7) is 4.58. The number of hydrogen-bond acceptors (Lipinski definition) is 0. The lowest BCUT2D eigenvalue weighted by atomic mass is 10.1. The van der Waals surface area contributed by atoms with Crippen molar-refractivity contribution >= 4 is 9.90 Å². The van der Waals surface area contributed by atoms with E-state index in [4.69, 9.17) is 0 Å². The van der Waals surface area contributed by atoms with E-state index < -0.39 is 0 Å². The highest BCUT2D eigenvalue weighted by atomic mass is 31.0. The summed E-state index contributed by atoms with van der Waals surface area (Å²) in [4.78, 5) is 0. The fourth-order valence-electron chi connectivity index (χ4n) is 2.09. The van der Waals surface area contributed by atoms with Gasteiger partial charge >= 0.3 is 0 Å². The molecule has 1 atom stereocenters. The van der Waals surface area contributed by atoms with Gasteiger partial charge in [0, 0.05) is 0 Å². The Morgan fingerprint density at radius 2 is 0.562 bits per heavy atom. The molecule has 0 aromatic carbocycles. The Morgan fingerprint density at radius 1 is 0.375 bits per heavy atom. The lowest BCUT2D eigenvalue weighted by Gasteiger charge is -2.01. The number of rotatable bonds is 12. The maximum atomic E-state index is 2.29. The molecule has 0 aromatic heterocycles. The molecule has 0 N–H and O–H groups in total. The van der Waals surface area contributed by atoms with Crippen LogP contribution in [0.25, 0.3) is 0 Å². The van der Waals surface area contributed by atoms with Crippen LogP contribution in [0.3, 0.4) is 0 Å². The summed E-state index contributed by atoms with van der Waals surface area (Å²) in [5.41, 5.74) is 0. The summed E-state index contributed by atoms with van der Waals surface area (Å²) in [7, 11) is 0. The molecule has 0 fully saturated rings. The molecule has 0 rings (SSSR count). The van der Waals surface area contributed by atoms with Crippen LogP contribution in [-0.2, 0) is 0 Å². The third-order valence-electron chi connectivity index (χ3n) is 3.21. The second kappa shape index (κ2) is 17.8. The molecule has 0 amide bonds. The van der Waals surface area contributed by atoms with Gasteiger partial charge in [-0.25, -0.2) is 0 Å². The van der Waals surface area contributed by atoms with E-state index in [0.717, 1.165) is 0 Å². The van der Waals surface area contributed by atoms with Crippen LogP contribution in [0.2, 0.25) is 0 Å². The summed E-state index contributed by atoms with van der Waals surface area (Å²) in [6.07, 6.45) is 18.9. The van der Waals surface area contributed by atoms with Crippen LogP contribution < -0.4 is 0 Å². The topological polar surface area (TPSA) is 0 Å². The second-order valence-corrected chi connectivity index (χ2v) is 4.89. The third kappa shape index (κ3) is 16.8. The molecule has 0 bridgehead atoms. The van der Waals surface area contributed by atoms with Gasteiger partial charge in [0.2, 0.25) is 0 Å². The van der Waals surface area contributed by atoms with Gasteiger partial charge in [0.15, 0.2) is 0 Å². The Morgan fingerprint density at radius 3 is 0.750 bits per heavy atom. The molecule has 0 aromatic rings. The molecule has 1 heteroatoms. The minimum atomic E-state index is 0. The van der Waals surface area contributed by atoms with Gasteiger partial charge in [-0.1, -0.05) is 97.3 Å². The minimum Gasteiger partial charge on any atom is -0.153 e. The zero-order chi connectivity index (χ0) is 11.2. The van der Waals surface area contributed by atoms with Crippen molar-refractivity contribution < 1.29 is 0 Å². The highest BCUT2D eigenvalue weighted by Crippen LogP contribution is 2.12. The summed E-state index contributed by atoms with van der Waals surface area (Å²) in [5.74, 6) is 0. The molecule has 0 heterocycles. The van der Waals surface area contributed by atoms with Crippen molar-refractivity contribution in [3.8, 4) is 0 Å². The van der Waals surface area contributed by atoms with Crippen LogP contribution in [0.15, 0.2) is 0 Å². The fourth-order valence-corrected chi connectivity index (χ4v) is 2.09. The lowest BCUT2D eigenvalue weighted by molar-refractivity contribution is 0.542. The summed E-state index contributed by atoms with van der Waals surface area (Å²) >= 11 is 0. The van der Waals surface area contributed by atoms with Gasteiger partial charge in [-0.2, -0.15) is 9.90 Å². The first-order valence-electron chi connectivity index (χ1n) is 7.41. The van der Waals surface area contributed by atoms with Crippen molar-refractivity contribution in [1.29, 1.82) is 0 Å². The van der Waals surface area contributed by atoms with Gasteiger partial charge in [0.25, 0.3) is 0 Å². The van der Waals surface area contributed by atoms with Crippen molar-refractivity contribution in [3.63, 3.8) is 0 Å². The van der Waals surface area contributed by atoms with Gasteiger partial charge in [0.05, 0.1) is 0 Å². The molecule has 100 valence electrons. The number of hydrogen-bond donors (Lipinski definition) is 0. The van der Waals surface area contributed by atoms with Gasteiger partial charge < -0.3 is 0 Å². The van der Waals surface area contributed by atoms with E-state index in [2.05, 4.69) is 13.8 Å². The molecule has 0 radical (unpaired) electrons. The Kier molecular flexibility index (Phi) is 20.9. The molecule has 0 saturated carbocycles. The van der Waals surface area contributed by atoms with Crippen molar-refractivity contribution in [2.75, 3.05) is 0 Å². The van der Waals surface area contributed by atoms with E-state index >= 15 is 0 Å². The standard InChI is InChI=1S/C15H32.H3P/c1-3-5-7-9-11-13-15-14-12-10-8-6-4-2;/h3-15H2,1-2H3;1H3. The molecule has 16 heavy (non-hydrogen) atoms. The SMILES string of the molecule is CCCCCCCCCCCCCCC.P. The summed E-state index contributed by atoms with van der Waals surface area (Å²) < 4.78 is 0. The van der Waals surface area contributed by atoms with E-state index in [1.807, 2.05) is 0 Å². The maximum absolute atomic E-state index is 2.29. The maximum Gasteiger partial charge on any atom is -0.0533 e. The van der Waals surface area contributed by atoms with Crippen LogP contribution in [-0.4, -0.2) is 0 Å². The van der Waals surface area contributed by atoms with Gasteiger partial charge in [0.1, 0.15) is 0 Å². The van der Waals surface area contributed by atoms with E-state index in [1.165, 1.54) is 83.5 Å². The third-order valence-corrected chi connectivity index (χ3v) is 3.21. The quantitative estimate of drug-likeness (QED) is 0.286. The van der Waals surface area contributed by atoms with E-state index in [9.17, 15) is 0 Å². The summed E-state index contributed by atoms with van der Waals surface area (Å²) in [5, 5.41) is 0. The van der Waals surface area contributed by atoms with Gasteiger partial charge in [-0.15, -0.1) is 0 Å². The van der Waals surface area contributed by atoms with Crippen molar-refractivity contribution in [2.45, 2.75) is 97.3 Å². The zero-order valence-corrected chi connectivity index (χ0v) is 13.3. The second-order valence-electron chi connectivity index (χ2n) is 4.89. The van der Waals surface area contributed by atoms with Crippen molar-refractivity contribution in [2.24, 2.45) is 0 Å². The first-order valence-corrected chi connectivity index (χ1v) is 7.41. The molecular weight excluding hydrogens is 211 g/mol. The normalized spacial score (nSPS) is 10.1. The lowest BCUT2D eigenvalue weighted by Crippen LogP contribution is -1.82. The first kappa shape index (κ1) is 18.8. The van der Waals surface area contributed by atoms with Gasteiger partial charge in [-0.3, -0.25) is 0 Å². The Balaban J connectivity index is 0. The van der Waals surface area contributed by atoms with Crippen LogP contribution in [0.5, 0.6) is 0 Å². The monoisotopic (exact) mass is 246 g/mol. The zero-order valence-electron chi connectivity index (χ0n) is 11.9. The largest absolute Gasteiger partial charge is 0.153 e.